The van der Waals surface area contributed by atoms with Crippen LogP contribution in [0.3, 0.4) is 0 Å². The second kappa shape index (κ2) is 5.54. The van der Waals surface area contributed by atoms with E-state index in [0.717, 1.165) is 0 Å². The van der Waals surface area contributed by atoms with E-state index in [0.29, 0.717) is 0 Å². The molecule has 3 nitrogen and oxygen atoms in total. The molecule has 0 fully saturated rings. The number of carbonyl (C=O) groups is 1. The van der Waals surface area contributed by atoms with Gasteiger partial charge in [-0.05, 0) is 26.8 Å². The van der Waals surface area contributed by atoms with Gasteiger partial charge >= 0.3 is 35.5 Å². The van der Waals surface area contributed by atoms with Gasteiger partial charge in [0.15, 0.2) is 0 Å². The minimum absolute atomic E-state index is 0. The van der Waals surface area contributed by atoms with Gasteiger partial charge in [-0.3, -0.25) is 0 Å². The summed E-state index contributed by atoms with van der Waals surface area (Å²) in [6.07, 6.45) is 0. The van der Waals surface area contributed by atoms with Crippen LogP contribution in [-0.2, 0) is 4.74 Å². The van der Waals surface area contributed by atoms with Crippen molar-refractivity contribution in [2.24, 2.45) is 0 Å². The summed E-state index contributed by atoms with van der Waals surface area (Å²) in [5.74, 6) is -0.871. The fourth-order valence-electron chi connectivity index (χ4n) is 0.968. The van der Waals surface area contributed by atoms with Gasteiger partial charge in [-0.2, -0.15) is 0 Å². The van der Waals surface area contributed by atoms with E-state index in [1.807, 2.05) is 0 Å². The third-order valence-electron chi connectivity index (χ3n) is 1.51. The van der Waals surface area contributed by atoms with Crippen molar-refractivity contribution in [3.63, 3.8) is 0 Å². The summed E-state index contributed by atoms with van der Waals surface area (Å²) < 4.78 is 5.07. The standard InChI is InChI=1S/C11H14O3.Na/c1-11(2,3)14-10(13)8-6-4-5-7-9(8)12;/h4-7,12H,1-3H3;/q;+1/p-1. The van der Waals surface area contributed by atoms with Crippen LogP contribution in [0.15, 0.2) is 24.3 Å². The van der Waals surface area contributed by atoms with Crippen molar-refractivity contribution in [2.75, 3.05) is 0 Å². The van der Waals surface area contributed by atoms with Crippen molar-refractivity contribution in [3.05, 3.63) is 29.8 Å². The smallest absolute Gasteiger partial charge is 0.872 e. The van der Waals surface area contributed by atoms with Gasteiger partial charge in [-0.1, -0.05) is 23.9 Å². The number of benzene rings is 1. The van der Waals surface area contributed by atoms with Crippen LogP contribution in [0.2, 0.25) is 0 Å². The second-order valence-corrected chi connectivity index (χ2v) is 4.00. The Kier molecular flexibility index (Phi) is 5.35. The van der Waals surface area contributed by atoms with E-state index in [9.17, 15) is 9.90 Å². The molecule has 0 aliphatic rings. The third kappa shape index (κ3) is 4.69. The van der Waals surface area contributed by atoms with Crippen LogP contribution >= 0.6 is 0 Å². The van der Waals surface area contributed by atoms with Gasteiger partial charge < -0.3 is 9.84 Å². The zero-order valence-corrected chi connectivity index (χ0v) is 11.5. The van der Waals surface area contributed by atoms with Gasteiger partial charge in [0.25, 0.3) is 0 Å². The van der Waals surface area contributed by atoms with E-state index in [2.05, 4.69) is 0 Å². The van der Waals surface area contributed by atoms with Crippen LogP contribution < -0.4 is 34.7 Å². The van der Waals surface area contributed by atoms with Crippen LogP contribution in [0.25, 0.3) is 0 Å². The molecule has 0 aliphatic heterocycles. The Hall–Kier alpha value is -0.510. The summed E-state index contributed by atoms with van der Waals surface area (Å²) in [5.41, 5.74) is -0.484. The number of hydrogen-bond acceptors (Lipinski definition) is 3. The summed E-state index contributed by atoms with van der Waals surface area (Å²) >= 11 is 0. The van der Waals surface area contributed by atoms with Crippen molar-refractivity contribution in [3.8, 4) is 5.75 Å². The maximum absolute atomic E-state index is 11.5. The van der Waals surface area contributed by atoms with Crippen LogP contribution in [0.1, 0.15) is 31.1 Å². The van der Waals surface area contributed by atoms with Gasteiger partial charge in [-0.25, -0.2) is 4.79 Å². The van der Waals surface area contributed by atoms with Crippen molar-refractivity contribution in [1.29, 1.82) is 0 Å². The maximum Gasteiger partial charge on any atom is 1.00 e. The van der Waals surface area contributed by atoms with Gasteiger partial charge in [0.2, 0.25) is 0 Å². The molecule has 76 valence electrons. The maximum atomic E-state index is 11.5. The van der Waals surface area contributed by atoms with Gasteiger partial charge in [0, 0.05) is 0 Å². The van der Waals surface area contributed by atoms with E-state index in [4.69, 9.17) is 4.74 Å². The Morgan fingerprint density at radius 3 is 2.27 bits per heavy atom. The Bertz CT molecular complexity index is 342. The molecule has 0 aromatic heterocycles. The molecule has 0 unspecified atom stereocenters. The number of para-hydroxylation sites is 1. The molecular formula is C11H13NaO3. The van der Waals surface area contributed by atoms with E-state index >= 15 is 0 Å². The Morgan fingerprint density at radius 2 is 1.80 bits per heavy atom. The molecule has 0 heterocycles. The molecule has 0 aliphatic carbocycles. The number of rotatable bonds is 1. The zero-order valence-electron chi connectivity index (χ0n) is 9.53. The minimum Gasteiger partial charge on any atom is -0.872 e. The molecule has 4 heteroatoms. The predicted octanol–water partition coefficient (Wildman–Crippen LogP) is -1.28. The van der Waals surface area contributed by atoms with Crippen LogP contribution in [0, 0.1) is 0 Å². The molecule has 0 atom stereocenters. The number of ether oxygens (including phenoxy) is 1. The molecule has 0 saturated heterocycles. The molecule has 15 heavy (non-hydrogen) atoms. The molecule has 0 saturated carbocycles. The van der Waals surface area contributed by atoms with Gasteiger partial charge in [0.05, 0.1) is 5.56 Å². The van der Waals surface area contributed by atoms with E-state index in [1.165, 1.54) is 12.1 Å². The summed E-state index contributed by atoms with van der Waals surface area (Å²) in [4.78, 5) is 11.5. The first-order chi connectivity index (χ1) is 6.40. The first kappa shape index (κ1) is 14.5. The van der Waals surface area contributed by atoms with Crippen molar-refractivity contribution < 1.29 is 44.2 Å². The summed E-state index contributed by atoms with van der Waals surface area (Å²) in [5, 5.41) is 11.2. The first-order valence-electron chi connectivity index (χ1n) is 4.39. The SMILES string of the molecule is CC(C)(C)OC(=O)c1ccccc1[O-].[Na+]. The second-order valence-electron chi connectivity index (χ2n) is 4.00. The third-order valence-corrected chi connectivity index (χ3v) is 1.51. The normalized spacial score (nSPS) is 10.3. The number of carbonyl (C=O) groups excluding carboxylic acids is 1. The molecule has 1 aromatic carbocycles. The molecule has 0 radical (unpaired) electrons. The van der Waals surface area contributed by atoms with Crippen LogP contribution in [-0.4, -0.2) is 11.6 Å². The molecule has 0 bridgehead atoms. The zero-order chi connectivity index (χ0) is 10.8. The molecule has 0 N–H and O–H groups in total. The molecule has 0 amide bonds. The monoisotopic (exact) mass is 216 g/mol. The number of esters is 1. The Balaban J connectivity index is 0.00000196. The molecule has 1 rings (SSSR count). The van der Waals surface area contributed by atoms with E-state index in [-0.39, 0.29) is 40.9 Å². The van der Waals surface area contributed by atoms with Gasteiger partial charge in [-0.15, -0.1) is 0 Å². The molecule has 0 spiro atoms. The van der Waals surface area contributed by atoms with Crippen LogP contribution in [0.5, 0.6) is 5.75 Å². The summed E-state index contributed by atoms with van der Waals surface area (Å²) in [6, 6.07) is 6.05. The fraction of sp³-hybridized carbons (Fsp3) is 0.364. The summed E-state index contributed by atoms with van der Waals surface area (Å²) in [7, 11) is 0. The topological polar surface area (TPSA) is 49.4 Å². The van der Waals surface area contributed by atoms with Crippen LogP contribution in [0.4, 0.5) is 0 Å². The quantitative estimate of drug-likeness (QED) is 0.434. The first-order valence-corrected chi connectivity index (χ1v) is 4.39. The Morgan fingerprint density at radius 1 is 1.27 bits per heavy atom. The number of hydrogen-bond donors (Lipinski definition) is 0. The van der Waals surface area contributed by atoms with Gasteiger partial charge in [0.1, 0.15) is 5.60 Å². The van der Waals surface area contributed by atoms with Crippen molar-refractivity contribution in [2.45, 2.75) is 26.4 Å². The van der Waals surface area contributed by atoms with Crippen molar-refractivity contribution >= 4 is 5.97 Å². The predicted molar refractivity (Wildman–Crippen MR) is 51.1 cm³/mol. The Labute approximate surface area is 112 Å². The largest absolute Gasteiger partial charge is 1.00 e. The van der Waals surface area contributed by atoms with E-state index < -0.39 is 11.6 Å². The summed E-state index contributed by atoms with van der Waals surface area (Å²) in [6.45, 7) is 5.29. The molecule has 1 aromatic rings. The van der Waals surface area contributed by atoms with E-state index in [1.54, 1.807) is 32.9 Å². The molecular weight excluding hydrogens is 203 g/mol. The average Bonchev–Trinajstić information content (AvgIpc) is 2.01. The fourth-order valence-corrected chi connectivity index (χ4v) is 0.968. The minimum atomic E-state index is -0.570. The van der Waals surface area contributed by atoms with Crippen molar-refractivity contribution in [1.82, 2.24) is 0 Å². The average molecular weight is 216 g/mol.